The van der Waals surface area contributed by atoms with Crippen molar-refractivity contribution in [1.82, 2.24) is 9.97 Å². The first-order valence-corrected chi connectivity index (χ1v) is 9.02. The normalized spacial score (nSPS) is 10.9. The Bertz CT molecular complexity index is 1150. The van der Waals surface area contributed by atoms with Crippen molar-refractivity contribution < 1.29 is 4.79 Å². The molecule has 0 aliphatic heterocycles. The number of aromatic amines is 1. The van der Waals surface area contributed by atoms with Crippen molar-refractivity contribution in [2.45, 2.75) is 13.8 Å². The molecule has 0 saturated carbocycles. The number of fused-ring (bicyclic) bond motifs is 1. The second-order valence-electron chi connectivity index (χ2n) is 6.55. The first kappa shape index (κ1) is 17.3. The highest BCUT2D eigenvalue weighted by Gasteiger charge is 2.10. The van der Waals surface area contributed by atoms with Crippen LogP contribution in [0.4, 0.5) is 5.69 Å². The number of amides is 1. The summed E-state index contributed by atoms with van der Waals surface area (Å²) in [6.07, 6.45) is 0. The van der Waals surface area contributed by atoms with Crippen LogP contribution in [0.5, 0.6) is 0 Å². The molecule has 1 heterocycles. The third-order valence-electron chi connectivity index (χ3n) is 4.56. The number of hydrogen-bond acceptors (Lipinski definition) is 2. The van der Waals surface area contributed by atoms with E-state index in [2.05, 4.69) is 15.3 Å². The standard InChI is InChI=1S/C22H18ClN3O/c1-13-6-7-16(12-18(13)23)22(27)24-17-10-8-15(9-11-17)21-25-19-5-3-4-14(2)20(19)26-21/h3-12H,1-2H3,(H,24,27)(H,25,26). The highest BCUT2D eigenvalue weighted by Crippen LogP contribution is 2.24. The number of aromatic nitrogens is 2. The van der Waals surface area contributed by atoms with Crippen molar-refractivity contribution in [3.05, 3.63) is 82.4 Å². The third kappa shape index (κ3) is 3.44. The van der Waals surface area contributed by atoms with Crippen molar-refractivity contribution >= 4 is 34.2 Å². The molecule has 0 spiro atoms. The Morgan fingerprint density at radius 3 is 2.48 bits per heavy atom. The Labute approximate surface area is 162 Å². The van der Waals surface area contributed by atoms with Crippen LogP contribution in [0, 0.1) is 13.8 Å². The highest BCUT2D eigenvalue weighted by molar-refractivity contribution is 6.31. The quantitative estimate of drug-likeness (QED) is 0.478. The molecule has 0 saturated heterocycles. The number of para-hydroxylation sites is 1. The lowest BCUT2D eigenvalue weighted by Gasteiger charge is -2.07. The minimum absolute atomic E-state index is 0.191. The van der Waals surface area contributed by atoms with Gasteiger partial charge < -0.3 is 10.3 Å². The topological polar surface area (TPSA) is 57.8 Å². The Balaban J connectivity index is 1.55. The lowest BCUT2D eigenvalue weighted by Crippen LogP contribution is -2.11. The van der Waals surface area contributed by atoms with E-state index in [1.165, 1.54) is 0 Å². The van der Waals surface area contributed by atoms with Crippen LogP contribution in [0.25, 0.3) is 22.4 Å². The van der Waals surface area contributed by atoms with E-state index in [0.29, 0.717) is 16.3 Å². The zero-order valence-electron chi connectivity index (χ0n) is 15.0. The number of imidazole rings is 1. The predicted octanol–water partition coefficient (Wildman–Crippen LogP) is 5.75. The van der Waals surface area contributed by atoms with Gasteiger partial charge in [0.25, 0.3) is 5.91 Å². The van der Waals surface area contributed by atoms with E-state index in [-0.39, 0.29) is 5.91 Å². The van der Waals surface area contributed by atoms with Gasteiger partial charge >= 0.3 is 0 Å². The second-order valence-corrected chi connectivity index (χ2v) is 6.96. The molecule has 0 atom stereocenters. The van der Waals surface area contributed by atoms with Gasteiger partial charge in [0, 0.05) is 21.8 Å². The molecule has 4 nitrogen and oxygen atoms in total. The van der Waals surface area contributed by atoms with E-state index < -0.39 is 0 Å². The van der Waals surface area contributed by atoms with Crippen LogP contribution >= 0.6 is 11.6 Å². The molecule has 0 radical (unpaired) electrons. The molecule has 3 aromatic carbocycles. The molecule has 134 valence electrons. The van der Waals surface area contributed by atoms with Gasteiger partial charge in [0.1, 0.15) is 5.82 Å². The lowest BCUT2D eigenvalue weighted by atomic mass is 10.1. The molecule has 0 bridgehead atoms. The van der Waals surface area contributed by atoms with Crippen molar-refractivity contribution in [2.24, 2.45) is 0 Å². The van der Waals surface area contributed by atoms with Crippen molar-refractivity contribution in [3.8, 4) is 11.4 Å². The first-order chi connectivity index (χ1) is 13.0. The third-order valence-corrected chi connectivity index (χ3v) is 4.97. The maximum Gasteiger partial charge on any atom is 0.255 e. The SMILES string of the molecule is Cc1ccc(C(=O)Nc2ccc(-c3nc4c(C)cccc4[nH]3)cc2)cc1Cl. The van der Waals surface area contributed by atoms with Crippen LogP contribution in [0.3, 0.4) is 0 Å². The summed E-state index contributed by atoms with van der Waals surface area (Å²) < 4.78 is 0. The number of benzene rings is 3. The van der Waals surface area contributed by atoms with Gasteiger partial charge in [0.2, 0.25) is 0 Å². The largest absolute Gasteiger partial charge is 0.338 e. The molecule has 2 N–H and O–H groups in total. The van der Waals surface area contributed by atoms with Gasteiger partial charge in [0.15, 0.2) is 0 Å². The molecule has 0 aliphatic carbocycles. The van der Waals surface area contributed by atoms with Crippen LogP contribution in [0.15, 0.2) is 60.7 Å². The van der Waals surface area contributed by atoms with E-state index in [0.717, 1.165) is 33.5 Å². The Morgan fingerprint density at radius 1 is 1.00 bits per heavy atom. The zero-order valence-corrected chi connectivity index (χ0v) is 15.8. The summed E-state index contributed by atoms with van der Waals surface area (Å²) in [5.41, 5.74) is 6.27. The summed E-state index contributed by atoms with van der Waals surface area (Å²) in [5, 5.41) is 3.47. The fourth-order valence-corrected chi connectivity index (χ4v) is 3.14. The Hall–Kier alpha value is -3.11. The number of nitrogens with zero attached hydrogens (tertiary/aromatic N) is 1. The summed E-state index contributed by atoms with van der Waals surface area (Å²) >= 11 is 6.10. The number of hydrogen-bond donors (Lipinski definition) is 2. The molecule has 1 aromatic heterocycles. The number of aryl methyl sites for hydroxylation is 2. The van der Waals surface area contributed by atoms with E-state index in [9.17, 15) is 4.79 Å². The lowest BCUT2D eigenvalue weighted by molar-refractivity contribution is 0.102. The van der Waals surface area contributed by atoms with Gasteiger partial charge in [0.05, 0.1) is 11.0 Å². The second kappa shape index (κ2) is 6.89. The molecule has 27 heavy (non-hydrogen) atoms. The van der Waals surface area contributed by atoms with Gasteiger partial charge in [-0.2, -0.15) is 0 Å². The summed E-state index contributed by atoms with van der Waals surface area (Å²) in [6, 6.07) is 18.9. The molecular formula is C22H18ClN3O. The molecule has 0 aliphatic rings. The van der Waals surface area contributed by atoms with Crippen LogP contribution < -0.4 is 5.32 Å². The number of rotatable bonds is 3. The number of carbonyl (C=O) groups is 1. The first-order valence-electron chi connectivity index (χ1n) is 8.64. The molecule has 0 unspecified atom stereocenters. The van der Waals surface area contributed by atoms with Crippen molar-refractivity contribution in [3.63, 3.8) is 0 Å². The van der Waals surface area contributed by atoms with Gasteiger partial charge in [-0.05, 0) is 67.4 Å². The van der Waals surface area contributed by atoms with E-state index in [1.54, 1.807) is 12.1 Å². The fourth-order valence-electron chi connectivity index (χ4n) is 2.96. The van der Waals surface area contributed by atoms with Crippen LogP contribution in [-0.2, 0) is 0 Å². The number of halogens is 1. The van der Waals surface area contributed by atoms with Crippen LogP contribution in [-0.4, -0.2) is 15.9 Å². The highest BCUT2D eigenvalue weighted by atomic mass is 35.5. The summed E-state index contributed by atoms with van der Waals surface area (Å²) in [5.74, 6) is 0.617. The zero-order chi connectivity index (χ0) is 19.0. The average Bonchev–Trinajstić information content (AvgIpc) is 3.10. The summed E-state index contributed by atoms with van der Waals surface area (Å²) in [4.78, 5) is 20.4. The predicted molar refractivity (Wildman–Crippen MR) is 110 cm³/mol. The average molecular weight is 376 g/mol. The van der Waals surface area contributed by atoms with E-state index in [1.807, 2.05) is 62.4 Å². The van der Waals surface area contributed by atoms with Gasteiger partial charge in [-0.1, -0.05) is 29.8 Å². The molecule has 4 rings (SSSR count). The maximum atomic E-state index is 12.4. The molecular weight excluding hydrogens is 358 g/mol. The number of anilines is 1. The smallest absolute Gasteiger partial charge is 0.255 e. The molecule has 4 aromatic rings. The van der Waals surface area contributed by atoms with Gasteiger partial charge in [-0.15, -0.1) is 0 Å². The van der Waals surface area contributed by atoms with E-state index >= 15 is 0 Å². The molecule has 1 amide bonds. The Kier molecular flexibility index (Phi) is 4.42. The van der Waals surface area contributed by atoms with Crippen LogP contribution in [0.2, 0.25) is 5.02 Å². The number of carbonyl (C=O) groups excluding carboxylic acids is 1. The monoisotopic (exact) mass is 375 g/mol. The van der Waals surface area contributed by atoms with Gasteiger partial charge in [-0.3, -0.25) is 4.79 Å². The van der Waals surface area contributed by atoms with Crippen LogP contribution in [0.1, 0.15) is 21.5 Å². The van der Waals surface area contributed by atoms with Crippen molar-refractivity contribution in [2.75, 3.05) is 5.32 Å². The van der Waals surface area contributed by atoms with Crippen molar-refractivity contribution in [1.29, 1.82) is 0 Å². The number of H-pyrrole nitrogens is 1. The Morgan fingerprint density at radius 2 is 1.78 bits per heavy atom. The summed E-state index contributed by atoms with van der Waals surface area (Å²) in [6.45, 7) is 3.95. The minimum atomic E-state index is -0.191. The van der Waals surface area contributed by atoms with E-state index in [4.69, 9.17) is 11.6 Å². The maximum absolute atomic E-state index is 12.4. The molecule has 0 fully saturated rings. The fraction of sp³-hybridized carbons (Fsp3) is 0.0909. The summed E-state index contributed by atoms with van der Waals surface area (Å²) in [7, 11) is 0. The molecule has 5 heteroatoms. The number of nitrogens with one attached hydrogen (secondary N) is 2. The minimum Gasteiger partial charge on any atom is -0.338 e. The van der Waals surface area contributed by atoms with Gasteiger partial charge in [-0.25, -0.2) is 4.98 Å².